The zero-order chi connectivity index (χ0) is 24.2. The van der Waals surface area contributed by atoms with E-state index >= 15 is 0 Å². The first-order chi connectivity index (χ1) is 16.4. The van der Waals surface area contributed by atoms with E-state index < -0.39 is 12.0 Å². The molecule has 0 amide bonds. The Labute approximate surface area is 199 Å². The van der Waals surface area contributed by atoms with Crippen LogP contribution in [0.1, 0.15) is 31.0 Å². The Balaban J connectivity index is 1.88. The maximum Gasteiger partial charge on any atom is 0.338 e. The molecule has 174 valence electrons. The van der Waals surface area contributed by atoms with E-state index in [1.165, 1.54) is 28.0 Å². The quantitative estimate of drug-likeness (QED) is 0.385. The SMILES string of the molecule is C=CCOc1ccc([C@@H]2C(C(=O)OCC)=C(C)N=c3s/c(=C\c4ccc(F)cc4)c(=O)n32)cc1. The fourth-order valence-corrected chi connectivity index (χ4v) is 4.77. The number of rotatable bonds is 7. The summed E-state index contributed by atoms with van der Waals surface area (Å²) in [5.41, 5.74) is 1.91. The molecule has 3 aromatic rings. The molecule has 2 aromatic carbocycles. The third-order valence-electron chi connectivity index (χ3n) is 5.25. The molecule has 1 aliphatic rings. The van der Waals surface area contributed by atoms with Crippen molar-refractivity contribution in [3.05, 3.63) is 109 Å². The fraction of sp³-hybridized carbons (Fsp3) is 0.192. The van der Waals surface area contributed by atoms with Crippen LogP contribution in [0.3, 0.4) is 0 Å². The summed E-state index contributed by atoms with van der Waals surface area (Å²) in [5.74, 6) is -0.229. The number of hydrogen-bond acceptors (Lipinski definition) is 6. The molecule has 6 nitrogen and oxygen atoms in total. The summed E-state index contributed by atoms with van der Waals surface area (Å²) >= 11 is 1.22. The van der Waals surface area contributed by atoms with Crippen LogP contribution in [0, 0.1) is 5.82 Å². The Bertz CT molecular complexity index is 1430. The zero-order valence-corrected chi connectivity index (χ0v) is 19.6. The van der Waals surface area contributed by atoms with Gasteiger partial charge < -0.3 is 9.47 Å². The first-order valence-corrected chi connectivity index (χ1v) is 11.5. The molecule has 0 N–H and O–H groups in total. The number of aromatic nitrogens is 1. The summed E-state index contributed by atoms with van der Waals surface area (Å²) in [6.07, 6.45) is 3.34. The number of esters is 1. The van der Waals surface area contributed by atoms with Gasteiger partial charge in [0.15, 0.2) is 4.80 Å². The average Bonchev–Trinajstić information content (AvgIpc) is 3.13. The highest BCUT2D eigenvalue weighted by molar-refractivity contribution is 7.07. The van der Waals surface area contributed by atoms with Gasteiger partial charge in [0, 0.05) is 0 Å². The molecular weight excluding hydrogens is 455 g/mol. The fourth-order valence-electron chi connectivity index (χ4n) is 3.72. The van der Waals surface area contributed by atoms with Gasteiger partial charge in [-0.25, -0.2) is 14.2 Å². The van der Waals surface area contributed by atoms with Crippen LogP contribution in [-0.4, -0.2) is 23.8 Å². The normalized spacial score (nSPS) is 15.5. The van der Waals surface area contributed by atoms with Gasteiger partial charge in [0.1, 0.15) is 18.2 Å². The maximum atomic E-state index is 13.5. The van der Waals surface area contributed by atoms with Gasteiger partial charge in [-0.15, -0.1) is 0 Å². The highest BCUT2D eigenvalue weighted by atomic mass is 32.1. The summed E-state index contributed by atoms with van der Waals surface area (Å²) in [7, 11) is 0. The Kier molecular flexibility index (Phi) is 6.88. The lowest BCUT2D eigenvalue weighted by molar-refractivity contribution is -0.139. The molecule has 0 radical (unpaired) electrons. The van der Waals surface area contributed by atoms with E-state index in [2.05, 4.69) is 11.6 Å². The Morgan fingerprint density at radius 1 is 1.21 bits per heavy atom. The Morgan fingerprint density at radius 2 is 1.91 bits per heavy atom. The van der Waals surface area contributed by atoms with E-state index in [0.29, 0.717) is 38.5 Å². The van der Waals surface area contributed by atoms with Gasteiger partial charge in [-0.2, -0.15) is 0 Å². The average molecular weight is 479 g/mol. The molecule has 2 heterocycles. The second-order valence-electron chi connectivity index (χ2n) is 7.52. The number of nitrogens with zero attached hydrogens (tertiary/aromatic N) is 2. The predicted molar refractivity (Wildman–Crippen MR) is 129 cm³/mol. The molecule has 34 heavy (non-hydrogen) atoms. The lowest BCUT2D eigenvalue weighted by atomic mass is 9.96. The van der Waals surface area contributed by atoms with Crippen LogP contribution in [0.25, 0.3) is 6.08 Å². The van der Waals surface area contributed by atoms with Crippen LogP contribution in [0.15, 0.2) is 82.2 Å². The number of fused-ring (bicyclic) bond motifs is 1. The van der Waals surface area contributed by atoms with Crippen molar-refractivity contribution in [3.63, 3.8) is 0 Å². The molecular formula is C26H23FN2O4S. The lowest BCUT2D eigenvalue weighted by Gasteiger charge is -2.24. The molecule has 0 saturated heterocycles. The topological polar surface area (TPSA) is 69.9 Å². The number of allylic oxidation sites excluding steroid dienone is 1. The van der Waals surface area contributed by atoms with E-state index in [-0.39, 0.29) is 18.0 Å². The first kappa shape index (κ1) is 23.4. The van der Waals surface area contributed by atoms with Gasteiger partial charge in [0.25, 0.3) is 5.56 Å². The largest absolute Gasteiger partial charge is 0.490 e. The van der Waals surface area contributed by atoms with Gasteiger partial charge >= 0.3 is 5.97 Å². The van der Waals surface area contributed by atoms with Crippen LogP contribution >= 0.6 is 11.3 Å². The minimum Gasteiger partial charge on any atom is -0.490 e. The molecule has 1 aromatic heterocycles. The van der Waals surface area contributed by atoms with Crippen molar-refractivity contribution in [2.24, 2.45) is 4.99 Å². The molecule has 0 saturated carbocycles. The molecule has 8 heteroatoms. The second kappa shape index (κ2) is 10.0. The number of benzene rings is 2. The number of ether oxygens (including phenoxy) is 2. The van der Waals surface area contributed by atoms with Gasteiger partial charge in [-0.3, -0.25) is 9.36 Å². The van der Waals surface area contributed by atoms with Gasteiger partial charge in [0.2, 0.25) is 0 Å². The summed E-state index contributed by atoms with van der Waals surface area (Å²) in [4.78, 5) is 31.4. The highest BCUT2D eigenvalue weighted by Crippen LogP contribution is 2.31. The minimum atomic E-state index is -0.709. The van der Waals surface area contributed by atoms with Crippen molar-refractivity contribution in [2.45, 2.75) is 19.9 Å². The maximum absolute atomic E-state index is 13.5. The molecule has 0 unspecified atom stereocenters. The van der Waals surface area contributed by atoms with Crippen molar-refractivity contribution in [1.29, 1.82) is 0 Å². The van der Waals surface area contributed by atoms with Crippen molar-refractivity contribution < 1.29 is 18.7 Å². The number of carbonyl (C=O) groups is 1. The number of halogens is 1. The molecule has 0 bridgehead atoms. The second-order valence-corrected chi connectivity index (χ2v) is 8.53. The first-order valence-electron chi connectivity index (χ1n) is 10.7. The van der Waals surface area contributed by atoms with Crippen LogP contribution in [-0.2, 0) is 9.53 Å². The van der Waals surface area contributed by atoms with Crippen molar-refractivity contribution in [3.8, 4) is 5.75 Å². The number of carbonyl (C=O) groups excluding carboxylic acids is 1. The molecule has 1 aliphatic heterocycles. The Hall–Kier alpha value is -3.78. The van der Waals surface area contributed by atoms with Gasteiger partial charge in [-0.05, 0) is 55.3 Å². The van der Waals surface area contributed by atoms with E-state index in [1.54, 1.807) is 50.3 Å². The third kappa shape index (κ3) is 4.63. The molecule has 1 atom stereocenters. The molecule has 0 spiro atoms. The van der Waals surface area contributed by atoms with Gasteiger partial charge in [-0.1, -0.05) is 48.3 Å². The van der Waals surface area contributed by atoms with E-state index in [4.69, 9.17) is 9.47 Å². The monoisotopic (exact) mass is 478 g/mol. The van der Waals surface area contributed by atoms with Gasteiger partial charge in [0.05, 0.1) is 28.5 Å². The minimum absolute atomic E-state index is 0.200. The highest BCUT2D eigenvalue weighted by Gasteiger charge is 2.33. The summed E-state index contributed by atoms with van der Waals surface area (Å²) in [5, 5.41) is 0. The van der Waals surface area contributed by atoms with Crippen LogP contribution < -0.4 is 19.6 Å². The van der Waals surface area contributed by atoms with E-state index in [9.17, 15) is 14.0 Å². The third-order valence-corrected chi connectivity index (χ3v) is 6.23. The van der Waals surface area contributed by atoms with Crippen LogP contribution in [0.2, 0.25) is 0 Å². The number of thiazole rings is 1. The summed E-state index contributed by atoms with van der Waals surface area (Å²) < 4.78 is 26.1. The smallest absolute Gasteiger partial charge is 0.338 e. The van der Waals surface area contributed by atoms with Crippen molar-refractivity contribution in [2.75, 3.05) is 13.2 Å². The summed E-state index contributed by atoms with van der Waals surface area (Å²) in [6.45, 7) is 7.67. The predicted octanol–water partition coefficient (Wildman–Crippen LogP) is 3.50. The van der Waals surface area contributed by atoms with E-state index in [1.807, 2.05) is 12.1 Å². The molecule has 0 aliphatic carbocycles. The zero-order valence-electron chi connectivity index (χ0n) is 18.8. The van der Waals surface area contributed by atoms with E-state index in [0.717, 1.165) is 5.56 Å². The molecule has 4 rings (SSSR count). The summed E-state index contributed by atoms with van der Waals surface area (Å²) in [6, 6.07) is 12.4. The number of hydrogen-bond donors (Lipinski definition) is 0. The van der Waals surface area contributed by atoms with Crippen molar-refractivity contribution in [1.82, 2.24) is 4.57 Å². The van der Waals surface area contributed by atoms with Crippen LogP contribution in [0.5, 0.6) is 5.75 Å². The van der Waals surface area contributed by atoms with Crippen LogP contribution in [0.4, 0.5) is 4.39 Å². The van der Waals surface area contributed by atoms with Crippen molar-refractivity contribution >= 4 is 23.4 Å². The standard InChI is InChI=1S/C26H23FN2O4S/c1-4-14-33-20-12-8-18(9-13-20)23-22(25(31)32-5-2)16(3)28-26-29(23)24(30)21(34-26)15-17-6-10-19(27)11-7-17/h4,6-13,15,23H,1,5,14H2,2-3H3/b21-15-/t23-/m1/s1. The molecule has 0 fully saturated rings. The Morgan fingerprint density at radius 3 is 2.56 bits per heavy atom. The lowest BCUT2D eigenvalue weighted by Crippen LogP contribution is -2.39.